The van der Waals surface area contributed by atoms with Gasteiger partial charge in [0.15, 0.2) is 0 Å². The largest absolute Gasteiger partial charge is 0.393 e. The van der Waals surface area contributed by atoms with Gasteiger partial charge >= 0.3 is 0 Å². The van der Waals surface area contributed by atoms with Crippen molar-refractivity contribution in [3.8, 4) is 0 Å². The number of amides is 1. The molecule has 0 saturated heterocycles. The second-order valence-electron chi connectivity index (χ2n) is 4.14. The molecule has 1 heterocycles. The van der Waals surface area contributed by atoms with Crippen LogP contribution >= 0.6 is 23.6 Å². The van der Waals surface area contributed by atoms with Gasteiger partial charge in [-0.05, 0) is 13.3 Å². The van der Waals surface area contributed by atoms with E-state index in [0.29, 0.717) is 13.0 Å². The molecule has 1 unspecified atom stereocenters. The van der Waals surface area contributed by atoms with Gasteiger partial charge in [0, 0.05) is 18.3 Å². The molecule has 3 N–H and O–H groups in total. The minimum atomic E-state index is -0.345. The molecule has 4 nitrogen and oxygen atoms in total. The van der Waals surface area contributed by atoms with Gasteiger partial charge in [0.2, 0.25) is 5.91 Å². The molecular weight excluding hydrogens is 266 g/mol. The Morgan fingerprint density at radius 2 is 2.39 bits per heavy atom. The highest BCUT2D eigenvalue weighted by molar-refractivity contribution is 7.80. The summed E-state index contributed by atoms with van der Waals surface area (Å²) in [7, 11) is 0. The van der Waals surface area contributed by atoms with Crippen LogP contribution in [-0.4, -0.2) is 22.4 Å². The number of hydrogen-bond acceptors (Lipinski definition) is 4. The number of thiocarbonyl (C=S) groups is 1. The first-order chi connectivity index (χ1) is 8.54. The number of thiazole rings is 1. The Hall–Kier alpha value is -1.01. The average Bonchev–Trinajstić information content (AvgIpc) is 2.71. The molecule has 100 valence electrons. The Labute approximate surface area is 117 Å². The molecule has 0 fully saturated rings. The highest BCUT2D eigenvalue weighted by Crippen LogP contribution is 2.09. The predicted molar refractivity (Wildman–Crippen MR) is 78.7 cm³/mol. The highest BCUT2D eigenvalue weighted by atomic mass is 32.1. The third kappa shape index (κ3) is 4.70. The second kappa shape index (κ2) is 7.43. The molecule has 0 spiro atoms. The Morgan fingerprint density at radius 1 is 1.67 bits per heavy atom. The molecule has 0 radical (unpaired) electrons. The van der Waals surface area contributed by atoms with Crippen molar-refractivity contribution in [3.05, 3.63) is 16.1 Å². The van der Waals surface area contributed by atoms with Gasteiger partial charge in [0.05, 0.1) is 21.6 Å². The standard InChI is InChI=1S/C12H19N3OS2/c1-3-4-10(11(13)17)12(16)14-6-5-9-7-18-8(2)15-9/h7,10H,3-6H2,1-2H3,(H2,13,17)(H,14,16). The summed E-state index contributed by atoms with van der Waals surface area (Å²) in [5.41, 5.74) is 6.58. The molecule has 1 atom stereocenters. The van der Waals surface area contributed by atoms with Crippen molar-refractivity contribution in [1.82, 2.24) is 10.3 Å². The van der Waals surface area contributed by atoms with Gasteiger partial charge in [-0.25, -0.2) is 4.98 Å². The van der Waals surface area contributed by atoms with Gasteiger partial charge in [-0.1, -0.05) is 25.6 Å². The fourth-order valence-electron chi connectivity index (χ4n) is 1.65. The second-order valence-corrected chi connectivity index (χ2v) is 5.68. The van der Waals surface area contributed by atoms with Crippen molar-refractivity contribution in [2.24, 2.45) is 11.7 Å². The van der Waals surface area contributed by atoms with E-state index < -0.39 is 0 Å². The number of nitrogens with zero attached hydrogens (tertiary/aromatic N) is 1. The van der Waals surface area contributed by atoms with Crippen molar-refractivity contribution in [1.29, 1.82) is 0 Å². The molecule has 1 aromatic rings. The van der Waals surface area contributed by atoms with Crippen LogP contribution in [0.15, 0.2) is 5.38 Å². The quantitative estimate of drug-likeness (QED) is 0.750. The van der Waals surface area contributed by atoms with Crippen LogP contribution in [0, 0.1) is 12.8 Å². The van der Waals surface area contributed by atoms with Crippen LogP contribution in [0.3, 0.4) is 0 Å². The zero-order valence-electron chi connectivity index (χ0n) is 10.7. The molecule has 0 aliphatic rings. The lowest BCUT2D eigenvalue weighted by Gasteiger charge is -2.14. The lowest BCUT2D eigenvalue weighted by atomic mass is 10.0. The van der Waals surface area contributed by atoms with E-state index in [1.807, 2.05) is 19.2 Å². The Morgan fingerprint density at radius 3 is 2.89 bits per heavy atom. The molecule has 0 bridgehead atoms. The topological polar surface area (TPSA) is 68.0 Å². The van der Waals surface area contributed by atoms with Crippen LogP contribution in [-0.2, 0) is 11.2 Å². The summed E-state index contributed by atoms with van der Waals surface area (Å²) in [6.45, 7) is 4.55. The average molecular weight is 285 g/mol. The van der Waals surface area contributed by atoms with E-state index in [1.54, 1.807) is 11.3 Å². The van der Waals surface area contributed by atoms with E-state index in [0.717, 1.165) is 23.5 Å². The van der Waals surface area contributed by atoms with Crippen LogP contribution in [0.5, 0.6) is 0 Å². The first-order valence-corrected chi connectivity index (χ1v) is 7.31. The number of carbonyl (C=O) groups excluding carboxylic acids is 1. The Balaban J connectivity index is 2.37. The van der Waals surface area contributed by atoms with Crippen molar-refractivity contribution in [2.75, 3.05) is 6.54 Å². The van der Waals surface area contributed by atoms with Crippen molar-refractivity contribution >= 4 is 34.5 Å². The maximum atomic E-state index is 11.9. The number of aromatic nitrogens is 1. The number of rotatable bonds is 7. The minimum absolute atomic E-state index is 0.0729. The molecule has 1 aromatic heterocycles. The smallest absolute Gasteiger partial charge is 0.229 e. The predicted octanol–water partition coefficient (Wildman–Crippen LogP) is 1.81. The number of carbonyl (C=O) groups is 1. The summed E-state index contributed by atoms with van der Waals surface area (Å²) in [4.78, 5) is 16.5. The van der Waals surface area contributed by atoms with E-state index in [4.69, 9.17) is 18.0 Å². The van der Waals surface area contributed by atoms with Crippen LogP contribution in [0.2, 0.25) is 0 Å². The molecule has 1 rings (SSSR count). The molecule has 1 amide bonds. The summed E-state index contributed by atoms with van der Waals surface area (Å²) in [5.74, 6) is -0.418. The molecular formula is C12H19N3OS2. The first-order valence-electron chi connectivity index (χ1n) is 6.02. The zero-order chi connectivity index (χ0) is 13.5. The monoisotopic (exact) mass is 285 g/mol. The SMILES string of the molecule is CCCC(C(=O)NCCc1csc(C)n1)C(N)=S. The summed E-state index contributed by atoms with van der Waals surface area (Å²) in [5, 5.41) is 5.92. The maximum absolute atomic E-state index is 11.9. The zero-order valence-corrected chi connectivity index (χ0v) is 12.4. The maximum Gasteiger partial charge on any atom is 0.229 e. The van der Waals surface area contributed by atoms with Crippen molar-refractivity contribution in [3.63, 3.8) is 0 Å². The van der Waals surface area contributed by atoms with E-state index in [-0.39, 0.29) is 16.8 Å². The van der Waals surface area contributed by atoms with Gasteiger partial charge in [0.25, 0.3) is 0 Å². The fourth-order valence-corrected chi connectivity index (χ4v) is 2.52. The van der Waals surface area contributed by atoms with Gasteiger partial charge in [-0.3, -0.25) is 4.79 Å². The Bertz CT molecular complexity index is 417. The van der Waals surface area contributed by atoms with Gasteiger partial charge < -0.3 is 11.1 Å². The van der Waals surface area contributed by atoms with Gasteiger partial charge in [-0.2, -0.15) is 0 Å². The number of nitrogens with one attached hydrogen (secondary N) is 1. The van der Waals surface area contributed by atoms with Gasteiger partial charge in [0.1, 0.15) is 0 Å². The summed E-state index contributed by atoms with van der Waals surface area (Å²) in [6, 6.07) is 0. The lowest BCUT2D eigenvalue weighted by Crippen LogP contribution is -2.38. The number of nitrogens with two attached hydrogens (primary N) is 1. The van der Waals surface area contributed by atoms with E-state index in [9.17, 15) is 4.79 Å². The third-order valence-electron chi connectivity index (χ3n) is 2.58. The van der Waals surface area contributed by atoms with Crippen LogP contribution in [0.25, 0.3) is 0 Å². The molecule has 0 aliphatic carbocycles. The van der Waals surface area contributed by atoms with Crippen LogP contribution in [0.4, 0.5) is 0 Å². The molecule has 18 heavy (non-hydrogen) atoms. The molecule has 0 aromatic carbocycles. The number of aryl methyl sites for hydroxylation is 1. The Kier molecular flexibility index (Phi) is 6.21. The van der Waals surface area contributed by atoms with Crippen molar-refractivity contribution in [2.45, 2.75) is 33.1 Å². The van der Waals surface area contributed by atoms with E-state index in [2.05, 4.69) is 10.3 Å². The number of hydrogen-bond donors (Lipinski definition) is 2. The molecule has 0 saturated carbocycles. The van der Waals surface area contributed by atoms with E-state index >= 15 is 0 Å². The normalized spacial score (nSPS) is 12.1. The molecule has 0 aliphatic heterocycles. The summed E-state index contributed by atoms with van der Waals surface area (Å²) < 4.78 is 0. The van der Waals surface area contributed by atoms with Gasteiger partial charge in [-0.15, -0.1) is 11.3 Å². The van der Waals surface area contributed by atoms with Crippen molar-refractivity contribution < 1.29 is 4.79 Å². The summed E-state index contributed by atoms with van der Waals surface area (Å²) in [6.07, 6.45) is 2.34. The highest BCUT2D eigenvalue weighted by Gasteiger charge is 2.19. The fraction of sp³-hybridized carbons (Fsp3) is 0.583. The molecule has 6 heteroatoms. The van der Waals surface area contributed by atoms with Crippen LogP contribution < -0.4 is 11.1 Å². The summed E-state index contributed by atoms with van der Waals surface area (Å²) >= 11 is 6.53. The van der Waals surface area contributed by atoms with E-state index in [1.165, 1.54) is 0 Å². The lowest BCUT2D eigenvalue weighted by molar-refractivity contribution is -0.123. The minimum Gasteiger partial charge on any atom is -0.393 e. The first kappa shape index (κ1) is 15.0. The van der Waals surface area contributed by atoms with Crippen LogP contribution in [0.1, 0.15) is 30.5 Å². The third-order valence-corrected chi connectivity index (χ3v) is 3.69.